The summed E-state index contributed by atoms with van der Waals surface area (Å²) in [6.45, 7) is 6.36. The van der Waals surface area contributed by atoms with Crippen LogP contribution in [-0.2, 0) is 9.63 Å². The van der Waals surface area contributed by atoms with Crippen LogP contribution in [0.15, 0.2) is 46.5 Å². The lowest BCUT2D eigenvalue weighted by Crippen LogP contribution is -2.34. The summed E-state index contributed by atoms with van der Waals surface area (Å²) in [5.74, 6) is -0.850. The van der Waals surface area contributed by atoms with Crippen molar-refractivity contribution in [2.24, 2.45) is 5.16 Å². The van der Waals surface area contributed by atoms with Crippen molar-refractivity contribution in [3.63, 3.8) is 0 Å². The summed E-state index contributed by atoms with van der Waals surface area (Å²) >= 11 is 7.73. The first-order valence-corrected chi connectivity index (χ1v) is 10.4. The average molecular weight is 455 g/mol. The highest BCUT2D eigenvalue weighted by molar-refractivity contribution is 7.12. The molecule has 0 unspecified atom stereocenters. The summed E-state index contributed by atoms with van der Waals surface area (Å²) in [4.78, 5) is 19.9. The number of aliphatic carboxylic acids is 1. The third kappa shape index (κ3) is 6.06. The Bertz CT molecular complexity index is 924. The van der Waals surface area contributed by atoms with Crippen LogP contribution in [0, 0.1) is 13.8 Å². The van der Waals surface area contributed by atoms with Crippen molar-refractivity contribution < 1.29 is 14.7 Å². The molecular formula is C21H24Cl2N2O3S. The third-order valence-electron chi connectivity index (χ3n) is 4.68. The zero-order valence-corrected chi connectivity index (χ0v) is 18.7. The second kappa shape index (κ2) is 10.8. The molecule has 3 rings (SSSR count). The van der Waals surface area contributed by atoms with E-state index in [0.29, 0.717) is 30.3 Å². The van der Waals surface area contributed by atoms with E-state index in [4.69, 9.17) is 21.5 Å². The maximum atomic E-state index is 11.1. The fraction of sp³-hybridized carbons (Fsp3) is 0.333. The van der Waals surface area contributed by atoms with Gasteiger partial charge in [0.25, 0.3) is 0 Å². The molecule has 8 heteroatoms. The standard InChI is InChI=1S/C21H23ClN2O3S.ClH/c1-14-7-11-28-20(14)19(18-6-5-17(22)12-15(18)2)23-27-10-9-24-8-3-4-16(13-24)21(25)26;/h4-7,11-12H,3,8-10,13H2,1-2H3,(H,25,26);1H/b23-19-;. The highest BCUT2D eigenvalue weighted by Crippen LogP contribution is 2.24. The summed E-state index contributed by atoms with van der Waals surface area (Å²) in [5.41, 5.74) is 4.42. The van der Waals surface area contributed by atoms with Crippen LogP contribution in [0.5, 0.6) is 0 Å². The second-order valence-corrected chi connectivity index (χ2v) is 8.12. The number of carboxylic acids is 1. The van der Waals surface area contributed by atoms with Gasteiger partial charge in [0.2, 0.25) is 0 Å². The van der Waals surface area contributed by atoms with E-state index >= 15 is 0 Å². The number of carbonyl (C=O) groups is 1. The Morgan fingerprint density at radius 3 is 2.76 bits per heavy atom. The van der Waals surface area contributed by atoms with Crippen LogP contribution in [0.1, 0.15) is 28.0 Å². The fourth-order valence-electron chi connectivity index (χ4n) is 3.15. The van der Waals surface area contributed by atoms with Gasteiger partial charge in [-0.2, -0.15) is 0 Å². The highest BCUT2D eigenvalue weighted by atomic mass is 35.5. The molecule has 0 bridgehead atoms. The molecule has 1 aromatic carbocycles. The number of hydrogen-bond donors (Lipinski definition) is 1. The number of thiophene rings is 1. The van der Waals surface area contributed by atoms with E-state index in [0.717, 1.165) is 40.2 Å². The number of aryl methyl sites for hydroxylation is 2. The lowest BCUT2D eigenvalue weighted by atomic mass is 10.0. The molecule has 1 N–H and O–H groups in total. The Morgan fingerprint density at radius 2 is 2.10 bits per heavy atom. The molecule has 0 atom stereocenters. The number of halogens is 2. The van der Waals surface area contributed by atoms with Crippen LogP contribution < -0.4 is 0 Å². The van der Waals surface area contributed by atoms with Crippen LogP contribution in [0.4, 0.5) is 0 Å². The smallest absolute Gasteiger partial charge is 0.332 e. The Morgan fingerprint density at radius 1 is 1.31 bits per heavy atom. The van der Waals surface area contributed by atoms with E-state index in [9.17, 15) is 4.79 Å². The fourth-order valence-corrected chi connectivity index (χ4v) is 4.30. The van der Waals surface area contributed by atoms with E-state index in [1.807, 2.05) is 30.5 Å². The van der Waals surface area contributed by atoms with E-state index in [1.54, 1.807) is 17.4 Å². The molecule has 2 aromatic rings. The Kier molecular flexibility index (Phi) is 8.71. The molecule has 1 aliphatic rings. The first-order chi connectivity index (χ1) is 13.5. The van der Waals surface area contributed by atoms with Gasteiger partial charge in [-0.15, -0.1) is 23.7 Å². The lowest BCUT2D eigenvalue weighted by molar-refractivity contribution is -0.133. The van der Waals surface area contributed by atoms with Crippen molar-refractivity contribution in [1.29, 1.82) is 0 Å². The molecule has 0 saturated carbocycles. The first kappa shape index (κ1) is 23.4. The lowest BCUT2D eigenvalue weighted by Gasteiger charge is -2.24. The quantitative estimate of drug-likeness (QED) is 0.366. The molecule has 5 nitrogen and oxygen atoms in total. The topological polar surface area (TPSA) is 62.1 Å². The highest BCUT2D eigenvalue weighted by Gasteiger charge is 2.18. The van der Waals surface area contributed by atoms with Crippen molar-refractivity contribution in [3.8, 4) is 0 Å². The van der Waals surface area contributed by atoms with Crippen LogP contribution in [0.2, 0.25) is 5.02 Å². The van der Waals surface area contributed by atoms with Crippen molar-refractivity contribution >= 4 is 47.0 Å². The molecule has 1 aliphatic heterocycles. The van der Waals surface area contributed by atoms with Crippen molar-refractivity contribution in [2.45, 2.75) is 20.3 Å². The minimum Gasteiger partial charge on any atom is -0.478 e. The molecule has 0 amide bonds. The van der Waals surface area contributed by atoms with Crippen molar-refractivity contribution in [2.75, 3.05) is 26.2 Å². The molecule has 29 heavy (non-hydrogen) atoms. The van der Waals surface area contributed by atoms with Gasteiger partial charge in [0, 0.05) is 35.8 Å². The SMILES string of the molecule is Cc1cc(Cl)ccc1/C(=N/OCCN1CCC=C(C(=O)O)C1)c1sccc1C.Cl. The number of oxime groups is 1. The molecule has 2 heterocycles. The van der Waals surface area contributed by atoms with E-state index < -0.39 is 5.97 Å². The monoisotopic (exact) mass is 454 g/mol. The van der Waals surface area contributed by atoms with Gasteiger partial charge < -0.3 is 9.94 Å². The molecule has 156 valence electrons. The minimum atomic E-state index is -0.850. The number of carboxylic acid groups (broad SMARTS) is 1. The van der Waals surface area contributed by atoms with Crippen molar-refractivity contribution in [1.82, 2.24) is 4.90 Å². The Balaban J connectivity index is 0.00000300. The normalized spacial score (nSPS) is 14.9. The van der Waals surface area contributed by atoms with Gasteiger partial charge in [-0.05, 0) is 55.0 Å². The van der Waals surface area contributed by atoms with Gasteiger partial charge in [-0.3, -0.25) is 4.90 Å². The summed E-state index contributed by atoms with van der Waals surface area (Å²) in [7, 11) is 0. The summed E-state index contributed by atoms with van der Waals surface area (Å²) in [6, 6.07) is 7.81. The molecule has 0 spiro atoms. The number of benzene rings is 1. The van der Waals surface area contributed by atoms with E-state index in [2.05, 4.69) is 23.0 Å². The maximum absolute atomic E-state index is 11.1. The van der Waals surface area contributed by atoms with Gasteiger partial charge in [0.1, 0.15) is 12.3 Å². The second-order valence-electron chi connectivity index (χ2n) is 6.76. The zero-order valence-electron chi connectivity index (χ0n) is 16.4. The zero-order chi connectivity index (χ0) is 20.1. The summed E-state index contributed by atoms with van der Waals surface area (Å²) < 4.78 is 0. The molecule has 0 radical (unpaired) electrons. The largest absolute Gasteiger partial charge is 0.478 e. The maximum Gasteiger partial charge on any atom is 0.332 e. The minimum absolute atomic E-state index is 0. The van der Waals surface area contributed by atoms with Gasteiger partial charge >= 0.3 is 5.97 Å². The Hall–Kier alpha value is -1.86. The van der Waals surface area contributed by atoms with E-state index in [1.165, 1.54) is 0 Å². The first-order valence-electron chi connectivity index (χ1n) is 9.11. The molecular weight excluding hydrogens is 431 g/mol. The van der Waals surface area contributed by atoms with Crippen LogP contribution in [-0.4, -0.2) is 47.9 Å². The molecule has 1 aromatic heterocycles. The predicted molar refractivity (Wildman–Crippen MR) is 121 cm³/mol. The Labute approximate surface area is 186 Å². The van der Waals surface area contributed by atoms with Crippen LogP contribution >= 0.6 is 35.3 Å². The van der Waals surface area contributed by atoms with Crippen LogP contribution in [0.3, 0.4) is 0 Å². The summed E-state index contributed by atoms with van der Waals surface area (Å²) in [5, 5.41) is 16.3. The molecule has 0 saturated heterocycles. The van der Waals surface area contributed by atoms with Gasteiger partial charge in [0.05, 0.1) is 4.88 Å². The number of hydrogen-bond acceptors (Lipinski definition) is 5. The van der Waals surface area contributed by atoms with Gasteiger partial charge in [0.15, 0.2) is 0 Å². The molecule has 0 aliphatic carbocycles. The van der Waals surface area contributed by atoms with Gasteiger partial charge in [-0.25, -0.2) is 4.79 Å². The average Bonchev–Trinajstić information content (AvgIpc) is 3.08. The van der Waals surface area contributed by atoms with Crippen molar-refractivity contribution in [3.05, 3.63) is 67.9 Å². The predicted octanol–water partition coefficient (Wildman–Crippen LogP) is 4.93. The van der Waals surface area contributed by atoms with Crippen LogP contribution in [0.25, 0.3) is 0 Å². The number of rotatable bonds is 7. The van der Waals surface area contributed by atoms with E-state index in [-0.39, 0.29) is 12.4 Å². The van der Waals surface area contributed by atoms with Gasteiger partial charge in [-0.1, -0.05) is 28.9 Å². The third-order valence-corrected chi connectivity index (χ3v) is 5.94. The molecule has 0 fully saturated rings. The summed E-state index contributed by atoms with van der Waals surface area (Å²) in [6.07, 6.45) is 2.54. The number of nitrogens with zero attached hydrogens (tertiary/aromatic N) is 2.